The third-order valence-electron chi connectivity index (χ3n) is 9.60. The van der Waals surface area contributed by atoms with Crippen LogP contribution in [0.5, 0.6) is 0 Å². The topological polar surface area (TPSA) is 0 Å². The van der Waals surface area contributed by atoms with E-state index in [0.717, 1.165) is 51.4 Å². The van der Waals surface area contributed by atoms with E-state index in [4.69, 9.17) is 0 Å². The average molecular weight is 677 g/mol. The van der Waals surface area contributed by atoms with Crippen LogP contribution in [0.1, 0.15) is 66.8 Å². The van der Waals surface area contributed by atoms with Gasteiger partial charge in [-0.05, 0) is 118 Å². The third-order valence-corrected chi connectivity index (χ3v) is 9.60. The quantitative estimate of drug-likeness (QED) is 0.0957. The van der Waals surface area contributed by atoms with Gasteiger partial charge in [-0.25, -0.2) is 0 Å². The highest BCUT2D eigenvalue weighted by molar-refractivity contribution is 5.50. The first kappa shape index (κ1) is 37.5. The molecule has 0 heterocycles. The molecule has 0 aliphatic heterocycles. The van der Waals surface area contributed by atoms with Gasteiger partial charge in [0.25, 0.3) is 0 Å². The summed E-state index contributed by atoms with van der Waals surface area (Å²) in [6, 6.07) is 52.6. The van der Waals surface area contributed by atoms with E-state index >= 15 is 0 Å². The second kappa shape index (κ2) is 20.2. The Bertz CT molecular complexity index is 1960. The predicted molar refractivity (Wildman–Crippen MR) is 229 cm³/mol. The molecular weight excluding hydrogens is 625 g/mol. The van der Waals surface area contributed by atoms with Crippen LogP contribution in [-0.2, 0) is 51.4 Å². The lowest BCUT2D eigenvalue weighted by molar-refractivity contribution is 0.930. The molecule has 0 N–H and O–H groups in total. The zero-order valence-electron chi connectivity index (χ0n) is 30.7. The Labute approximate surface area is 313 Å². The van der Waals surface area contributed by atoms with Crippen LogP contribution in [-0.4, -0.2) is 0 Å². The molecule has 0 saturated heterocycles. The van der Waals surface area contributed by atoms with E-state index in [2.05, 4.69) is 172 Å². The van der Waals surface area contributed by atoms with Crippen molar-refractivity contribution in [3.8, 4) is 0 Å². The van der Waals surface area contributed by atoms with Gasteiger partial charge in [0.1, 0.15) is 0 Å². The van der Waals surface area contributed by atoms with Crippen LogP contribution < -0.4 is 0 Å². The molecule has 0 aliphatic rings. The Kier molecular flexibility index (Phi) is 14.6. The minimum absolute atomic E-state index is 1.06. The van der Waals surface area contributed by atoms with Crippen molar-refractivity contribution < 1.29 is 0 Å². The molecule has 52 heavy (non-hydrogen) atoms. The summed E-state index contributed by atoms with van der Waals surface area (Å²) < 4.78 is 0. The molecule has 260 valence electrons. The van der Waals surface area contributed by atoms with Crippen molar-refractivity contribution in [3.05, 3.63) is 239 Å². The molecule has 0 aromatic heterocycles. The van der Waals surface area contributed by atoms with Crippen LogP contribution in [0.3, 0.4) is 0 Å². The monoisotopic (exact) mass is 676 g/mol. The summed E-state index contributed by atoms with van der Waals surface area (Å²) >= 11 is 0. The van der Waals surface area contributed by atoms with Gasteiger partial charge in [0, 0.05) is 0 Å². The van der Waals surface area contributed by atoms with E-state index in [1.165, 1.54) is 66.8 Å². The van der Waals surface area contributed by atoms with Gasteiger partial charge in [-0.1, -0.05) is 196 Å². The fourth-order valence-electron chi connectivity index (χ4n) is 6.42. The van der Waals surface area contributed by atoms with E-state index in [-0.39, 0.29) is 0 Å². The molecule has 6 aromatic carbocycles. The van der Waals surface area contributed by atoms with E-state index in [1.807, 2.05) is 24.3 Å². The first-order valence-electron chi connectivity index (χ1n) is 18.5. The van der Waals surface area contributed by atoms with Crippen molar-refractivity contribution in [2.45, 2.75) is 51.4 Å². The van der Waals surface area contributed by atoms with Crippen LogP contribution in [0.2, 0.25) is 0 Å². The summed E-state index contributed by atoms with van der Waals surface area (Å²) in [5, 5.41) is 0. The zero-order chi connectivity index (χ0) is 36.4. The maximum Gasteiger partial charge on any atom is -0.0238 e. The summed E-state index contributed by atoms with van der Waals surface area (Å²) in [5.41, 5.74) is 15.9. The lowest BCUT2D eigenvalue weighted by Crippen LogP contribution is -1.95. The Balaban J connectivity index is 0.000000201. The number of benzene rings is 6. The second-order valence-corrected chi connectivity index (χ2v) is 13.4. The molecule has 0 heteroatoms. The minimum atomic E-state index is 1.06. The average Bonchev–Trinajstić information content (AvgIpc) is 3.22. The molecule has 0 nitrogen and oxygen atoms in total. The molecule has 0 spiro atoms. The molecule has 0 atom stereocenters. The maximum absolute atomic E-state index is 3.85. The standard InChI is InChI=1S/2C26H26/c1-3-21-7-5-9-25(19-21)17-15-23-11-13-24(14-12-23)16-18-26-10-6-8-22(4-2)20-26;1-3-21-11-13-23(14-12-21)15-16-25-9-6-10-26(20-25)18-17-24-8-5-7-22(4-2)19-24/h2*3-14,19-20H,1-2,15-18H2. The van der Waals surface area contributed by atoms with Gasteiger partial charge in [-0.3, -0.25) is 0 Å². The van der Waals surface area contributed by atoms with Crippen LogP contribution >= 0.6 is 0 Å². The Hall–Kier alpha value is -5.72. The second-order valence-electron chi connectivity index (χ2n) is 13.4. The fourth-order valence-corrected chi connectivity index (χ4v) is 6.42. The van der Waals surface area contributed by atoms with E-state index in [0.29, 0.717) is 0 Å². The predicted octanol–water partition coefficient (Wildman–Crippen LogP) is 13.1. The lowest BCUT2D eigenvalue weighted by Gasteiger charge is -2.07. The molecule has 0 radical (unpaired) electrons. The maximum atomic E-state index is 3.85. The van der Waals surface area contributed by atoms with Gasteiger partial charge >= 0.3 is 0 Å². The number of hydrogen-bond donors (Lipinski definition) is 0. The Morgan fingerprint density at radius 2 is 0.500 bits per heavy atom. The molecule has 0 saturated carbocycles. The van der Waals surface area contributed by atoms with Crippen LogP contribution in [0.4, 0.5) is 0 Å². The molecule has 6 aromatic rings. The van der Waals surface area contributed by atoms with E-state index < -0.39 is 0 Å². The summed E-state index contributed by atoms with van der Waals surface area (Å²) in [7, 11) is 0. The third kappa shape index (κ3) is 12.3. The molecule has 6 rings (SSSR count). The van der Waals surface area contributed by atoms with Crippen molar-refractivity contribution in [1.82, 2.24) is 0 Å². The highest BCUT2D eigenvalue weighted by Gasteiger charge is 2.02. The first-order valence-corrected chi connectivity index (χ1v) is 18.5. The van der Waals surface area contributed by atoms with Crippen LogP contribution in [0.25, 0.3) is 24.3 Å². The highest BCUT2D eigenvalue weighted by atomic mass is 14.1. The number of rotatable bonds is 16. The molecule has 0 bridgehead atoms. The van der Waals surface area contributed by atoms with Crippen molar-refractivity contribution >= 4 is 24.3 Å². The molecule has 0 amide bonds. The van der Waals surface area contributed by atoms with Crippen molar-refractivity contribution in [1.29, 1.82) is 0 Å². The van der Waals surface area contributed by atoms with Crippen molar-refractivity contribution in [2.75, 3.05) is 0 Å². The van der Waals surface area contributed by atoms with Crippen molar-refractivity contribution in [2.24, 2.45) is 0 Å². The SMILES string of the molecule is C=Cc1ccc(CCc2cccc(CCc3cccc(C=C)c3)c2)cc1.C=Cc1cccc(CCc2ccc(CCc3cccc(C=C)c3)cc2)c1. The fraction of sp³-hybridized carbons (Fsp3) is 0.154. The van der Waals surface area contributed by atoms with Crippen LogP contribution in [0, 0.1) is 0 Å². The summed E-state index contributed by atoms with van der Waals surface area (Å²) in [4.78, 5) is 0. The van der Waals surface area contributed by atoms with Gasteiger partial charge in [-0.2, -0.15) is 0 Å². The molecule has 0 unspecified atom stereocenters. The smallest absolute Gasteiger partial charge is 0.0238 e. The van der Waals surface area contributed by atoms with Gasteiger partial charge in [0.05, 0.1) is 0 Å². The van der Waals surface area contributed by atoms with Gasteiger partial charge in [0.15, 0.2) is 0 Å². The summed E-state index contributed by atoms with van der Waals surface area (Å²) in [6.07, 6.45) is 16.2. The lowest BCUT2D eigenvalue weighted by atomic mass is 9.98. The first-order chi connectivity index (χ1) is 25.5. The van der Waals surface area contributed by atoms with Gasteiger partial charge in [-0.15, -0.1) is 0 Å². The minimum Gasteiger partial charge on any atom is -0.0985 e. The highest BCUT2D eigenvalue weighted by Crippen LogP contribution is 2.16. The van der Waals surface area contributed by atoms with E-state index in [1.54, 1.807) is 0 Å². The van der Waals surface area contributed by atoms with E-state index in [9.17, 15) is 0 Å². The number of hydrogen-bond acceptors (Lipinski definition) is 0. The largest absolute Gasteiger partial charge is 0.0985 e. The summed E-state index contributed by atoms with van der Waals surface area (Å²) in [5.74, 6) is 0. The van der Waals surface area contributed by atoms with Gasteiger partial charge in [0.2, 0.25) is 0 Å². The van der Waals surface area contributed by atoms with Crippen molar-refractivity contribution in [3.63, 3.8) is 0 Å². The molecule has 0 fully saturated rings. The Morgan fingerprint density at radius 3 is 0.808 bits per heavy atom. The molecule has 0 aliphatic carbocycles. The van der Waals surface area contributed by atoms with Gasteiger partial charge < -0.3 is 0 Å². The normalized spacial score (nSPS) is 10.5. The van der Waals surface area contributed by atoms with Crippen LogP contribution in [0.15, 0.2) is 172 Å². The summed E-state index contributed by atoms with van der Waals surface area (Å²) in [6.45, 7) is 15.3. The number of aryl methyl sites for hydroxylation is 8. The Morgan fingerprint density at radius 1 is 0.250 bits per heavy atom. The molecular formula is C52H52. The zero-order valence-corrected chi connectivity index (χ0v) is 30.7.